The number of aromatic amines is 1. The lowest BCUT2D eigenvalue weighted by atomic mass is 10.0. The highest BCUT2D eigenvalue weighted by atomic mass is 16.6. The van der Waals surface area contributed by atoms with Gasteiger partial charge in [0.05, 0.1) is 22.2 Å². The number of carbonyl (C=O) groups is 2. The molecule has 0 saturated carbocycles. The first-order valence-electron chi connectivity index (χ1n) is 5.50. The number of aromatic nitrogens is 1. The fourth-order valence-electron chi connectivity index (χ4n) is 1.89. The molecule has 2 N–H and O–H groups in total. The van der Waals surface area contributed by atoms with Gasteiger partial charge in [0.15, 0.2) is 5.78 Å². The van der Waals surface area contributed by atoms with Crippen LogP contribution in [0.25, 0.3) is 10.9 Å². The number of H-pyrrole nitrogens is 1. The smallest absolute Gasteiger partial charge is 0.303 e. The zero-order valence-electron chi connectivity index (χ0n) is 9.75. The highest BCUT2D eigenvalue weighted by Crippen LogP contribution is 2.29. The Hall–Kier alpha value is -2.70. The Morgan fingerprint density at radius 3 is 2.68 bits per heavy atom. The van der Waals surface area contributed by atoms with Gasteiger partial charge in [-0.05, 0) is 6.07 Å². The van der Waals surface area contributed by atoms with Gasteiger partial charge in [-0.2, -0.15) is 0 Å². The molecular weight excluding hydrogens is 252 g/mol. The first-order valence-corrected chi connectivity index (χ1v) is 5.50. The summed E-state index contributed by atoms with van der Waals surface area (Å²) in [5, 5.41) is 19.7. The molecule has 1 aromatic carbocycles. The Kier molecular flexibility index (Phi) is 3.28. The quantitative estimate of drug-likeness (QED) is 0.486. The molecule has 7 nitrogen and oxygen atoms in total. The number of non-ortho nitro benzene ring substituents is 1. The van der Waals surface area contributed by atoms with Crippen molar-refractivity contribution in [2.45, 2.75) is 12.8 Å². The molecule has 0 atom stereocenters. The van der Waals surface area contributed by atoms with E-state index >= 15 is 0 Å². The van der Waals surface area contributed by atoms with E-state index in [0.717, 1.165) is 0 Å². The molecule has 1 aromatic heterocycles. The molecule has 0 aliphatic rings. The maximum Gasteiger partial charge on any atom is 0.303 e. The van der Waals surface area contributed by atoms with Crippen LogP contribution in [-0.4, -0.2) is 26.8 Å². The number of hydrogen-bond donors (Lipinski definition) is 2. The monoisotopic (exact) mass is 262 g/mol. The number of nitrogens with one attached hydrogen (secondary N) is 1. The molecule has 1 heterocycles. The number of nitro benzene ring substituents is 1. The zero-order valence-corrected chi connectivity index (χ0v) is 9.75. The number of rotatable bonds is 5. The number of fused-ring (bicyclic) bond motifs is 1. The van der Waals surface area contributed by atoms with Crippen LogP contribution in [0.4, 0.5) is 5.69 Å². The standard InChI is InChI=1S/C12H10N2O5/c15-10(4-5-11(16)17)7-6-13-8-2-1-3-9(12(7)8)14(18)19/h1-3,6,13H,4-5H2,(H,16,17). The van der Waals surface area contributed by atoms with E-state index in [1.807, 2.05) is 0 Å². The number of nitro groups is 1. The third kappa shape index (κ3) is 2.44. The molecule has 7 heteroatoms. The topological polar surface area (TPSA) is 113 Å². The molecule has 0 aliphatic heterocycles. The summed E-state index contributed by atoms with van der Waals surface area (Å²) in [7, 11) is 0. The van der Waals surface area contributed by atoms with Crippen LogP contribution in [0.2, 0.25) is 0 Å². The summed E-state index contributed by atoms with van der Waals surface area (Å²) >= 11 is 0. The minimum Gasteiger partial charge on any atom is -0.481 e. The van der Waals surface area contributed by atoms with Crippen molar-refractivity contribution in [3.05, 3.63) is 40.1 Å². The van der Waals surface area contributed by atoms with Gasteiger partial charge in [0.2, 0.25) is 0 Å². The van der Waals surface area contributed by atoms with E-state index in [9.17, 15) is 19.7 Å². The van der Waals surface area contributed by atoms with Gasteiger partial charge >= 0.3 is 5.97 Å². The van der Waals surface area contributed by atoms with Crippen LogP contribution < -0.4 is 0 Å². The van der Waals surface area contributed by atoms with Gasteiger partial charge in [0.1, 0.15) is 0 Å². The zero-order chi connectivity index (χ0) is 14.0. The van der Waals surface area contributed by atoms with E-state index < -0.39 is 16.7 Å². The van der Waals surface area contributed by atoms with Gasteiger partial charge in [-0.15, -0.1) is 0 Å². The molecule has 0 bridgehead atoms. The average Bonchev–Trinajstić information content (AvgIpc) is 2.79. The highest BCUT2D eigenvalue weighted by molar-refractivity contribution is 6.11. The number of ketones is 1. The molecule has 0 saturated heterocycles. The summed E-state index contributed by atoms with van der Waals surface area (Å²) in [6, 6.07) is 4.45. The van der Waals surface area contributed by atoms with Crippen molar-refractivity contribution in [2.24, 2.45) is 0 Å². The molecular formula is C12H10N2O5. The van der Waals surface area contributed by atoms with Crippen LogP contribution >= 0.6 is 0 Å². The molecule has 19 heavy (non-hydrogen) atoms. The lowest BCUT2D eigenvalue weighted by Crippen LogP contribution is -2.03. The maximum atomic E-state index is 11.9. The first kappa shape index (κ1) is 12.7. The summed E-state index contributed by atoms with van der Waals surface area (Å²) in [6.45, 7) is 0. The van der Waals surface area contributed by atoms with E-state index in [1.54, 1.807) is 6.07 Å². The Labute approximate surface area is 107 Å². The highest BCUT2D eigenvalue weighted by Gasteiger charge is 2.20. The number of carboxylic acids is 1. The van der Waals surface area contributed by atoms with Crippen LogP contribution in [0.5, 0.6) is 0 Å². The first-order chi connectivity index (χ1) is 9.00. The number of carboxylic acid groups (broad SMARTS) is 1. The fraction of sp³-hybridized carbons (Fsp3) is 0.167. The van der Waals surface area contributed by atoms with Gasteiger partial charge in [0.25, 0.3) is 5.69 Å². The normalized spacial score (nSPS) is 10.5. The molecule has 0 fully saturated rings. The van der Waals surface area contributed by atoms with Gasteiger partial charge in [-0.1, -0.05) is 6.07 Å². The molecule has 98 valence electrons. The Balaban J connectivity index is 2.46. The SMILES string of the molecule is O=C(O)CCC(=O)c1c[nH]c2cccc([N+](=O)[O-])c12. The minimum atomic E-state index is -1.08. The van der Waals surface area contributed by atoms with Gasteiger partial charge in [0, 0.05) is 24.2 Å². The molecule has 2 aromatic rings. The number of benzene rings is 1. The number of nitrogens with zero attached hydrogens (tertiary/aromatic N) is 1. The summed E-state index contributed by atoms with van der Waals surface area (Å²) in [5.41, 5.74) is 0.467. The maximum absolute atomic E-state index is 11.9. The molecule has 2 rings (SSSR count). The van der Waals surface area contributed by atoms with Crippen molar-refractivity contribution < 1.29 is 19.6 Å². The molecule has 0 aliphatic carbocycles. The van der Waals surface area contributed by atoms with Crippen molar-refractivity contribution in [2.75, 3.05) is 0 Å². The third-order valence-electron chi connectivity index (χ3n) is 2.75. The molecule has 0 amide bonds. The summed E-state index contributed by atoms with van der Waals surface area (Å²) in [5.74, 6) is -1.51. The Bertz CT molecular complexity index is 674. The van der Waals surface area contributed by atoms with Crippen molar-refractivity contribution in [3.63, 3.8) is 0 Å². The number of aliphatic carboxylic acids is 1. The lowest BCUT2D eigenvalue weighted by Gasteiger charge is -1.98. The number of carbonyl (C=O) groups excluding carboxylic acids is 1. The predicted octanol–water partition coefficient (Wildman–Crippen LogP) is 2.12. The van der Waals surface area contributed by atoms with Crippen LogP contribution in [0.15, 0.2) is 24.4 Å². The number of Topliss-reactive ketones (excluding diaryl/α,β-unsaturated/α-hetero) is 1. The van der Waals surface area contributed by atoms with Gasteiger partial charge in [-0.3, -0.25) is 19.7 Å². The summed E-state index contributed by atoms with van der Waals surface area (Å²) < 4.78 is 0. The van der Waals surface area contributed by atoms with Gasteiger partial charge < -0.3 is 10.1 Å². The van der Waals surface area contributed by atoms with Crippen LogP contribution in [0, 0.1) is 10.1 Å². The summed E-state index contributed by atoms with van der Waals surface area (Å²) in [4.78, 5) is 35.5. The number of hydrogen-bond acceptors (Lipinski definition) is 4. The van der Waals surface area contributed by atoms with E-state index in [1.165, 1.54) is 18.3 Å². The second kappa shape index (κ2) is 4.89. The van der Waals surface area contributed by atoms with Crippen molar-refractivity contribution in [1.82, 2.24) is 4.98 Å². The van der Waals surface area contributed by atoms with Crippen molar-refractivity contribution >= 4 is 28.3 Å². The van der Waals surface area contributed by atoms with Crippen molar-refractivity contribution in [3.8, 4) is 0 Å². The predicted molar refractivity (Wildman–Crippen MR) is 66.2 cm³/mol. The largest absolute Gasteiger partial charge is 0.481 e. The molecule has 0 unspecified atom stereocenters. The second-order valence-corrected chi connectivity index (χ2v) is 3.98. The van der Waals surface area contributed by atoms with Crippen molar-refractivity contribution in [1.29, 1.82) is 0 Å². The molecule has 0 spiro atoms. The van der Waals surface area contributed by atoms with Crippen LogP contribution in [-0.2, 0) is 4.79 Å². The van der Waals surface area contributed by atoms with E-state index in [4.69, 9.17) is 5.11 Å². The second-order valence-electron chi connectivity index (χ2n) is 3.98. The van der Waals surface area contributed by atoms with E-state index in [2.05, 4.69) is 4.98 Å². The minimum absolute atomic E-state index is 0.156. The fourth-order valence-corrected chi connectivity index (χ4v) is 1.89. The van der Waals surface area contributed by atoms with Gasteiger partial charge in [-0.25, -0.2) is 0 Å². The average molecular weight is 262 g/mol. The van der Waals surface area contributed by atoms with Crippen LogP contribution in [0.3, 0.4) is 0 Å². The Morgan fingerprint density at radius 1 is 1.32 bits per heavy atom. The third-order valence-corrected chi connectivity index (χ3v) is 2.75. The molecule has 0 radical (unpaired) electrons. The lowest BCUT2D eigenvalue weighted by molar-refractivity contribution is -0.383. The van der Waals surface area contributed by atoms with E-state index in [-0.39, 0.29) is 29.5 Å². The van der Waals surface area contributed by atoms with Crippen LogP contribution in [0.1, 0.15) is 23.2 Å². The van der Waals surface area contributed by atoms with E-state index in [0.29, 0.717) is 5.52 Å². The summed E-state index contributed by atoms with van der Waals surface area (Å²) in [6.07, 6.45) is 0.891. The Morgan fingerprint density at radius 2 is 2.05 bits per heavy atom.